The second kappa shape index (κ2) is 7.41. The third-order valence-electron chi connectivity index (χ3n) is 3.46. The number of nitrogens with zero attached hydrogens (tertiary/aromatic N) is 1. The number of carbonyl (C=O) groups is 2. The van der Waals surface area contributed by atoms with Crippen LogP contribution < -0.4 is 5.32 Å². The van der Waals surface area contributed by atoms with Gasteiger partial charge in [-0.2, -0.15) is 0 Å². The maximum Gasteiger partial charge on any atom is 0.308 e. The van der Waals surface area contributed by atoms with Gasteiger partial charge in [0.1, 0.15) is 5.69 Å². The van der Waals surface area contributed by atoms with E-state index in [1.165, 1.54) is 0 Å². The zero-order chi connectivity index (χ0) is 17.0. The fourth-order valence-electron chi connectivity index (χ4n) is 2.32. The number of hydrogen-bond donors (Lipinski definition) is 3. The van der Waals surface area contributed by atoms with E-state index in [-0.39, 0.29) is 18.4 Å². The maximum atomic E-state index is 12.2. The predicted octanol–water partition coefficient (Wildman–Crippen LogP) is 2.92. The molecule has 23 heavy (non-hydrogen) atoms. The second-order valence-electron chi connectivity index (χ2n) is 5.93. The Morgan fingerprint density at radius 3 is 2.74 bits per heavy atom. The summed E-state index contributed by atoms with van der Waals surface area (Å²) in [6.45, 7) is 5.97. The standard InChI is InChI=1S/C16H21N3O3S/c1-9(2)4-12(16(21)22)7-18-15(20)13-5-11(6-17-13)14-8-23-10(3)19-14/h5-6,8-9,12,17H,4,7H2,1-3H3,(H,18,20)(H,21,22). The minimum Gasteiger partial charge on any atom is -0.481 e. The number of H-pyrrole nitrogens is 1. The van der Waals surface area contributed by atoms with E-state index in [9.17, 15) is 14.7 Å². The molecule has 1 unspecified atom stereocenters. The summed E-state index contributed by atoms with van der Waals surface area (Å²) in [7, 11) is 0. The van der Waals surface area contributed by atoms with Gasteiger partial charge in [0, 0.05) is 23.7 Å². The van der Waals surface area contributed by atoms with Crippen LogP contribution >= 0.6 is 11.3 Å². The Balaban J connectivity index is 1.98. The van der Waals surface area contributed by atoms with Crippen molar-refractivity contribution in [3.05, 3.63) is 28.3 Å². The van der Waals surface area contributed by atoms with Crippen molar-refractivity contribution >= 4 is 23.2 Å². The number of carboxylic acids is 1. The summed E-state index contributed by atoms with van der Waals surface area (Å²) in [4.78, 5) is 30.6. The number of carbonyl (C=O) groups excluding carboxylic acids is 1. The lowest BCUT2D eigenvalue weighted by molar-refractivity contribution is -0.142. The summed E-state index contributed by atoms with van der Waals surface area (Å²) in [5.41, 5.74) is 2.07. The van der Waals surface area contributed by atoms with Gasteiger partial charge in [0.05, 0.1) is 16.6 Å². The molecule has 0 aromatic carbocycles. The van der Waals surface area contributed by atoms with Gasteiger partial charge in [0.2, 0.25) is 0 Å². The number of hydrogen-bond acceptors (Lipinski definition) is 4. The third kappa shape index (κ3) is 4.66. The van der Waals surface area contributed by atoms with E-state index < -0.39 is 11.9 Å². The van der Waals surface area contributed by atoms with Gasteiger partial charge in [-0.1, -0.05) is 13.8 Å². The minimum absolute atomic E-state index is 0.122. The summed E-state index contributed by atoms with van der Waals surface area (Å²) in [5.74, 6) is -1.50. The fourth-order valence-corrected chi connectivity index (χ4v) is 2.94. The number of amides is 1. The molecule has 0 saturated heterocycles. The average molecular weight is 335 g/mol. The SMILES string of the molecule is Cc1nc(-c2c[nH]c(C(=O)NCC(CC(C)C)C(=O)O)c2)cs1. The number of aliphatic carboxylic acids is 1. The summed E-state index contributed by atoms with van der Waals surface area (Å²) < 4.78 is 0. The zero-order valence-corrected chi connectivity index (χ0v) is 14.2. The highest BCUT2D eigenvalue weighted by Gasteiger charge is 2.20. The van der Waals surface area contributed by atoms with E-state index in [1.54, 1.807) is 23.6 Å². The van der Waals surface area contributed by atoms with Crippen LogP contribution in [0.1, 0.15) is 35.8 Å². The van der Waals surface area contributed by atoms with Gasteiger partial charge in [-0.15, -0.1) is 11.3 Å². The van der Waals surface area contributed by atoms with E-state index in [0.29, 0.717) is 12.1 Å². The van der Waals surface area contributed by atoms with Gasteiger partial charge >= 0.3 is 5.97 Å². The molecule has 2 heterocycles. The van der Waals surface area contributed by atoms with Gasteiger partial charge in [-0.25, -0.2) is 4.98 Å². The van der Waals surface area contributed by atoms with Crippen LogP contribution in [0.3, 0.4) is 0 Å². The number of carboxylic acid groups (broad SMARTS) is 1. The van der Waals surface area contributed by atoms with Crippen LogP contribution in [0.5, 0.6) is 0 Å². The van der Waals surface area contributed by atoms with Gasteiger partial charge in [-0.3, -0.25) is 9.59 Å². The van der Waals surface area contributed by atoms with Crippen LogP contribution in [0.15, 0.2) is 17.6 Å². The van der Waals surface area contributed by atoms with E-state index in [4.69, 9.17) is 0 Å². The molecule has 0 aliphatic heterocycles. The molecule has 0 saturated carbocycles. The van der Waals surface area contributed by atoms with Crippen molar-refractivity contribution < 1.29 is 14.7 Å². The van der Waals surface area contributed by atoms with Gasteiger partial charge < -0.3 is 15.4 Å². The molecule has 124 valence electrons. The predicted molar refractivity (Wildman–Crippen MR) is 89.6 cm³/mol. The lowest BCUT2D eigenvalue weighted by Crippen LogP contribution is -2.33. The van der Waals surface area contributed by atoms with Crippen LogP contribution in [-0.4, -0.2) is 33.5 Å². The summed E-state index contributed by atoms with van der Waals surface area (Å²) in [6, 6.07) is 1.72. The Kier molecular flexibility index (Phi) is 5.54. The molecule has 0 aliphatic carbocycles. The molecule has 2 aromatic rings. The molecule has 6 nitrogen and oxygen atoms in total. The first-order chi connectivity index (χ1) is 10.9. The Morgan fingerprint density at radius 2 is 2.17 bits per heavy atom. The molecule has 0 aliphatic rings. The van der Waals surface area contributed by atoms with Crippen molar-refractivity contribution in [3.8, 4) is 11.3 Å². The highest BCUT2D eigenvalue weighted by molar-refractivity contribution is 7.09. The molecular weight excluding hydrogens is 314 g/mol. The Labute approximate surface area is 139 Å². The van der Waals surface area contributed by atoms with Crippen molar-refractivity contribution in [2.45, 2.75) is 27.2 Å². The van der Waals surface area contributed by atoms with E-state index >= 15 is 0 Å². The van der Waals surface area contributed by atoms with Gasteiger partial charge in [0.25, 0.3) is 5.91 Å². The Bertz CT molecular complexity index is 690. The minimum atomic E-state index is -0.885. The van der Waals surface area contributed by atoms with Crippen LogP contribution in [0.2, 0.25) is 0 Å². The smallest absolute Gasteiger partial charge is 0.308 e. The first-order valence-corrected chi connectivity index (χ1v) is 8.36. The number of aromatic amines is 1. The second-order valence-corrected chi connectivity index (χ2v) is 6.99. The first kappa shape index (κ1) is 17.2. The van der Waals surface area contributed by atoms with E-state index in [1.807, 2.05) is 26.2 Å². The molecule has 3 N–H and O–H groups in total. The molecule has 2 rings (SSSR count). The van der Waals surface area contributed by atoms with Crippen LogP contribution in [0.4, 0.5) is 0 Å². The van der Waals surface area contributed by atoms with E-state index in [0.717, 1.165) is 16.3 Å². The van der Waals surface area contributed by atoms with Crippen molar-refractivity contribution in [2.75, 3.05) is 6.54 Å². The average Bonchev–Trinajstić information content (AvgIpc) is 3.11. The highest BCUT2D eigenvalue weighted by atomic mass is 32.1. The van der Waals surface area contributed by atoms with Gasteiger partial charge in [-0.05, 0) is 25.3 Å². The molecule has 7 heteroatoms. The van der Waals surface area contributed by atoms with Crippen molar-refractivity contribution in [3.63, 3.8) is 0 Å². The van der Waals surface area contributed by atoms with Crippen LogP contribution in [0, 0.1) is 18.8 Å². The van der Waals surface area contributed by atoms with E-state index in [2.05, 4.69) is 15.3 Å². The van der Waals surface area contributed by atoms with Gasteiger partial charge in [0.15, 0.2) is 0 Å². The fraction of sp³-hybridized carbons (Fsp3) is 0.438. The Morgan fingerprint density at radius 1 is 1.43 bits per heavy atom. The molecule has 0 bridgehead atoms. The zero-order valence-electron chi connectivity index (χ0n) is 13.4. The summed E-state index contributed by atoms with van der Waals surface area (Å²) >= 11 is 1.55. The number of aromatic nitrogens is 2. The van der Waals surface area contributed by atoms with Crippen LogP contribution in [0.25, 0.3) is 11.3 Å². The normalized spacial score (nSPS) is 12.3. The molecule has 1 atom stereocenters. The number of aryl methyl sites for hydroxylation is 1. The summed E-state index contributed by atoms with van der Waals surface area (Å²) in [6.07, 6.45) is 2.26. The first-order valence-electron chi connectivity index (χ1n) is 7.48. The van der Waals surface area contributed by atoms with Crippen LogP contribution in [-0.2, 0) is 4.79 Å². The largest absolute Gasteiger partial charge is 0.481 e. The molecule has 0 spiro atoms. The quantitative estimate of drug-likeness (QED) is 0.725. The number of nitrogens with one attached hydrogen (secondary N) is 2. The topological polar surface area (TPSA) is 95.1 Å². The summed E-state index contributed by atoms with van der Waals surface area (Å²) in [5, 5.41) is 14.8. The van der Waals surface area contributed by atoms with Crippen molar-refractivity contribution in [2.24, 2.45) is 11.8 Å². The molecule has 1 amide bonds. The molecule has 0 fully saturated rings. The Hall–Kier alpha value is -2.15. The lowest BCUT2D eigenvalue weighted by Gasteiger charge is -2.15. The number of thiazole rings is 1. The third-order valence-corrected chi connectivity index (χ3v) is 4.23. The number of rotatable bonds is 7. The van der Waals surface area contributed by atoms with Crippen molar-refractivity contribution in [1.29, 1.82) is 0 Å². The maximum absolute atomic E-state index is 12.2. The molecular formula is C16H21N3O3S. The lowest BCUT2D eigenvalue weighted by atomic mass is 9.97. The van der Waals surface area contributed by atoms with Crippen molar-refractivity contribution in [1.82, 2.24) is 15.3 Å². The monoisotopic (exact) mass is 335 g/mol. The highest BCUT2D eigenvalue weighted by Crippen LogP contribution is 2.22. The molecule has 0 radical (unpaired) electrons. The molecule has 2 aromatic heterocycles.